The summed E-state index contributed by atoms with van der Waals surface area (Å²) < 4.78 is 150. The number of halogens is 12. The van der Waals surface area contributed by atoms with Crippen LogP contribution in [0, 0.1) is 0 Å². The van der Waals surface area contributed by atoms with Gasteiger partial charge in [0.1, 0.15) is 0 Å². The summed E-state index contributed by atoms with van der Waals surface area (Å²) in [4.78, 5) is 2.47. The quantitative estimate of drug-likeness (QED) is 0.328. The van der Waals surface area contributed by atoms with Crippen LogP contribution in [0.15, 0.2) is 24.0 Å². The first-order valence-electron chi connectivity index (χ1n) is 4.47. The second-order valence-corrected chi connectivity index (χ2v) is 3.45. The molecular weight excluding hydrogens is 356 g/mol. The van der Waals surface area contributed by atoms with Gasteiger partial charge in [-0.05, 0) is 0 Å². The van der Waals surface area contributed by atoms with Crippen molar-refractivity contribution in [2.24, 2.45) is 0 Å². The Morgan fingerprint density at radius 1 is 0.773 bits per heavy atom. The van der Waals surface area contributed by atoms with Crippen LogP contribution >= 0.6 is 0 Å². The lowest BCUT2D eigenvalue weighted by Crippen LogP contribution is -2.66. The van der Waals surface area contributed by atoms with Crippen molar-refractivity contribution in [3.8, 4) is 0 Å². The third-order valence-electron chi connectivity index (χ3n) is 2.15. The molecule has 0 fully saturated rings. The van der Waals surface area contributed by atoms with Crippen LogP contribution in [0.25, 0.3) is 0 Å². The van der Waals surface area contributed by atoms with E-state index in [0.717, 1.165) is 0 Å². The van der Waals surface area contributed by atoms with Gasteiger partial charge in [-0.25, -0.2) is 14.0 Å². The third kappa shape index (κ3) is 2.83. The van der Waals surface area contributed by atoms with Gasteiger partial charge in [-0.15, -0.1) is 0 Å². The highest BCUT2D eigenvalue weighted by Gasteiger charge is 2.86. The van der Waals surface area contributed by atoms with E-state index in [9.17, 15) is 52.7 Å². The molecule has 0 radical (unpaired) electrons. The monoisotopic (exact) mass is 358 g/mol. The first-order valence-corrected chi connectivity index (χ1v) is 4.47. The van der Waals surface area contributed by atoms with Crippen LogP contribution < -0.4 is 0 Å². The smallest absolute Gasteiger partial charge is 0.345 e. The van der Waals surface area contributed by atoms with Gasteiger partial charge in [-0.2, -0.15) is 43.9 Å². The zero-order valence-electron chi connectivity index (χ0n) is 9.47. The minimum absolute atomic E-state index is 1.33. The van der Waals surface area contributed by atoms with Crippen LogP contribution in [-0.4, -0.2) is 28.9 Å². The highest BCUT2D eigenvalue weighted by Crippen LogP contribution is 2.59. The maximum absolute atomic E-state index is 13.4. The van der Waals surface area contributed by atoms with E-state index < -0.39 is 47.7 Å². The summed E-state index contributed by atoms with van der Waals surface area (Å²) in [5.41, 5.74) is -7.46. The van der Waals surface area contributed by atoms with Crippen molar-refractivity contribution < 1.29 is 62.8 Å². The Bertz CT molecular complexity index is 474. The van der Waals surface area contributed by atoms with E-state index in [2.05, 4.69) is 4.89 Å². The van der Waals surface area contributed by atoms with Gasteiger partial charge in [0, 0.05) is 0 Å². The fourth-order valence-electron chi connectivity index (χ4n) is 1.11. The molecule has 0 rings (SSSR count). The Morgan fingerprint density at radius 3 is 1.45 bits per heavy atom. The van der Waals surface area contributed by atoms with Gasteiger partial charge in [0.2, 0.25) is 11.7 Å². The molecule has 0 spiro atoms. The molecule has 0 heterocycles. The summed E-state index contributed by atoms with van der Waals surface area (Å²) in [6, 6.07) is 0. The standard InChI is InChI=1S/C8H2F12O2/c9-2(1-22-21)5(13,14)7(17,8(18,19)20)6(15,16)3(10)4(11)12/h1,21H/b2-1-. The van der Waals surface area contributed by atoms with Gasteiger partial charge in [-0.1, -0.05) is 0 Å². The second-order valence-electron chi connectivity index (χ2n) is 3.45. The lowest BCUT2D eigenvalue weighted by molar-refractivity contribution is -0.355. The Hall–Kier alpha value is -1.60. The number of hydrogen-bond donors (Lipinski definition) is 1. The van der Waals surface area contributed by atoms with Crippen molar-refractivity contribution in [2.75, 3.05) is 0 Å². The largest absolute Gasteiger partial charge is 0.435 e. The van der Waals surface area contributed by atoms with Gasteiger partial charge < -0.3 is 4.89 Å². The maximum atomic E-state index is 13.4. The van der Waals surface area contributed by atoms with Gasteiger partial charge >= 0.3 is 29.8 Å². The molecule has 0 aliphatic rings. The number of allylic oxidation sites excluding steroid dienone is 2. The van der Waals surface area contributed by atoms with E-state index in [-0.39, 0.29) is 0 Å². The van der Waals surface area contributed by atoms with E-state index in [1.54, 1.807) is 0 Å². The van der Waals surface area contributed by atoms with E-state index in [4.69, 9.17) is 5.26 Å². The molecule has 1 atom stereocenters. The lowest BCUT2D eigenvalue weighted by Gasteiger charge is -2.37. The summed E-state index contributed by atoms with van der Waals surface area (Å²) in [5, 5.41) is 7.52. The highest BCUT2D eigenvalue weighted by molar-refractivity contribution is 5.26. The zero-order valence-corrected chi connectivity index (χ0v) is 9.47. The minimum Gasteiger partial charge on any atom is -0.345 e. The summed E-state index contributed by atoms with van der Waals surface area (Å²) in [7, 11) is 0. The Balaban J connectivity index is 6.62. The normalized spacial score (nSPS) is 17.0. The molecule has 0 aromatic rings. The van der Waals surface area contributed by atoms with Crippen LogP contribution in [0.4, 0.5) is 52.7 Å². The van der Waals surface area contributed by atoms with Gasteiger partial charge in [-0.3, -0.25) is 0 Å². The molecule has 1 N–H and O–H groups in total. The molecule has 130 valence electrons. The predicted molar refractivity (Wildman–Crippen MR) is 43.0 cm³/mol. The highest BCUT2D eigenvalue weighted by atomic mass is 19.4. The first kappa shape index (κ1) is 20.4. The summed E-state index contributed by atoms with van der Waals surface area (Å²) in [5.74, 6) is -22.4. The third-order valence-corrected chi connectivity index (χ3v) is 2.15. The Kier molecular flexibility index (Phi) is 5.46. The number of alkyl halides is 8. The Morgan fingerprint density at radius 2 is 1.18 bits per heavy atom. The zero-order chi connectivity index (χ0) is 18.1. The summed E-state index contributed by atoms with van der Waals surface area (Å²) in [6.07, 6.45) is -13.0. The van der Waals surface area contributed by atoms with Crippen molar-refractivity contribution in [2.45, 2.75) is 23.7 Å². The van der Waals surface area contributed by atoms with Gasteiger partial charge in [0.25, 0.3) is 0 Å². The van der Waals surface area contributed by atoms with Crippen molar-refractivity contribution in [3.05, 3.63) is 24.0 Å². The SMILES string of the molecule is OO/C=C(\F)C(F)(F)C(F)(C(F)(F)F)C(F)(F)C(F)=C(F)F. The summed E-state index contributed by atoms with van der Waals surface area (Å²) >= 11 is 0. The minimum atomic E-state index is -7.46. The van der Waals surface area contributed by atoms with Crippen molar-refractivity contribution >= 4 is 0 Å². The maximum Gasteiger partial charge on any atom is 0.435 e. The molecule has 0 saturated heterocycles. The molecule has 2 nitrogen and oxygen atoms in total. The van der Waals surface area contributed by atoms with Crippen molar-refractivity contribution in [3.63, 3.8) is 0 Å². The summed E-state index contributed by atoms with van der Waals surface area (Å²) in [6.45, 7) is 0. The molecule has 14 heteroatoms. The molecule has 0 amide bonds. The van der Waals surface area contributed by atoms with Crippen LogP contribution in [0.1, 0.15) is 0 Å². The van der Waals surface area contributed by atoms with E-state index in [1.165, 1.54) is 0 Å². The van der Waals surface area contributed by atoms with E-state index in [0.29, 0.717) is 0 Å². The van der Waals surface area contributed by atoms with Crippen LogP contribution in [0.2, 0.25) is 0 Å². The van der Waals surface area contributed by atoms with E-state index >= 15 is 0 Å². The van der Waals surface area contributed by atoms with Crippen molar-refractivity contribution in [1.82, 2.24) is 0 Å². The molecule has 22 heavy (non-hydrogen) atoms. The van der Waals surface area contributed by atoms with Gasteiger partial charge in [0.05, 0.1) is 0 Å². The molecule has 1 unspecified atom stereocenters. The van der Waals surface area contributed by atoms with Crippen LogP contribution in [-0.2, 0) is 4.89 Å². The first-order chi connectivity index (χ1) is 9.59. The van der Waals surface area contributed by atoms with Gasteiger partial charge in [0.15, 0.2) is 6.26 Å². The molecular formula is C8H2F12O2. The number of rotatable bonds is 5. The number of hydrogen-bond acceptors (Lipinski definition) is 2. The average Bonchev–Trinajstić information content (AvgIpc) is 2.34. The molecule has 0 bridgehead atoms. The molecule has 0 aliphatic heterocycles. The van der Waals surface area contributed by atoms with Crippen molar-refractivity contribution in [1.29, 1.82) is 0 Å². The van der Waals surface area contributed by atoms with E-state index in [1.807, 2.05) is 0 Å². The Labute approximate surface area is 112 Å². The van der Waals surface area contributed by atoms with Crippen LogP contribution in [0.3, 0.4) is 0 Å². The fourth-order valence-corrected chi connectivity index (χ4v) is 1.11. The molecule has 0 aliphatic carbocycles. The lowest BCUT2D eigenvalue weighted by atomic mass is 9.87. The predicted octanol–water partition coefficient (Wildman–Crippen LogP) is 4.91. The molecule has 0 saturated carbocycles. The van der Waals surface area contributed by atoms with Crippen LogP contribution in [0.5, 0.6) is 0 Å². The topological polar surface area (TPSA) is 29.5 Å². The molecule has 0 aromatic heterocycles. The fraction of sp³-hybridized carbons (Fsp3) is 0.500. The average molecular weight is 358 g/mol. The second kappa shape index (κ2) is 5.89. The molecule has 0 aromatic carbocycles.